The van der Waals surface area contributed by atoms with Gasteiger partial charge >= 0.3 is 0 Å². The molecule has 32 heavy (non-hydrogen) atoms. The zero-order valence-electron chi connectivity index (χ0n) is 17.3. The van der Waals surface area contributed by atoms with E-state index in [-0.39, 0.29) is 48.5 Å². The third-order valence-electron chi connectivity index (χ3n) is 6.40. The Hall–Kier alpha value is -3.58. The molecule has 2 fully saturated rings. The predicted octanol–water partition coefficient (Wildman–Crippen LogP) is 2.70. The Bertz CT molecular complexity index is 1150. The molecule has 3 atom stereocenters. The van der Waals surface area contributed by atoms with Crippen molar-refractivity contribution in [1.82, 2.24) is 14.8 Å². The number of aliphatic hydroxyl groups is 1. The summed E-state index contributed by atoms with van der Waals surface area (Å²) in [6.45, 7) is 0.122. The number of benzene rings is 2. The first kappa shape index (κ1) is 20.3. The summed E-state index contributed by atoms with van der Waals surface area (Å²) in [5, 5.41) is 9.97. The van der Waals surface area contributed by atoms with Crippen molar-refractivity contribution in [3.8, 4) is 11.1 Å². The van der Waals surface area contributed by atoms with Crippen LogP contribution in [0.3, 0.4) is 0 Å². The molecular formula is C25H22FN3O3. The van der Waals surface area contributed by atoms with Gasteiger partial charge < -0.3 is 14.9 Å². The average Bonchev–Trinajstić information content (AvgIpc) is 2.81. The molecule has 2 aromatic carbocycles. The van der Waals surface area contributed by atoms with Crippen LogP contribution in [0.1, 0.15) is 21.8 Å². The summed E-state index contributed by atoms with van der Waals surface area (Å²) in [6, 6.07) is 16.8. The van der Waals surface area contributed by atoms with E-state index < -0.39 is 5.82 Å². The van der Waals surface area contributed by atoms with Crippen LogP contribution in [0, 0.1) is 5.82 Å². The first-order valence-corrected chi connectivity index (χ1v) is 10.5. The fourth-order valence-electron chi connectivity index (χ4n) is 4.89. The maximum absolute atomic E-state index is 13.6. The molecule has 0 aliphatic carbocycles. The molecule has 5 rings (SSSR count). The predicted molar refractivity (Wildman–Crippen MR) is 116 cm³/mol. The van der Waals surface area contributed by atoms with Crippen LogP contribution in [0.4, 0.5) is 4.39 Å². The third-order valence-corrected chi connectivity index (χ3v) is 6.40. The summed E-state index contributed by atoms with van der Waals surface area (Å²) in [6.07, 6.45) is 3.52. The lowest BCUT2D eigenvalue weighted by Gasteiger charge is -2.58. The van der Waals surface area contributed by atoms with Crippen LogP contribution in [0.25, 0.3) is 11.1 Å². The maximum atomic E-state index is 13.6. The van der Waals surface area contributed by atoms with E-state index in [2.05, 4.69) is 4.98 Å². The molecule has 1 aromatic heterocycles. The number of hydrogen-bond acceptors (Lipinski definition) is 4. The molecule has 3 aromatic rings. The van der Waals surface area contributed by atoms with Gasteiger partial charge in [0.1, 0.15) is 12.4 Å². The van der Waals surface area contributed by atoms with Gasteiger partial charge in [-0.3, -0.25) is 14.6 Å². The number of aliphatic hydroxyl groups excluding tert-OH is 1. The number of aromatic nitrogens is 1. The second-order valence-electron chi connectivity index (χ2n) is 8.20. The summed E-state index contributed by atoms with van der Waals surface area (Å²) < 4.78 is 13.6. The van der Waals surface area contributed by atoms with E-state index in [9.17, 15) is 19.1 Å². The van der Waals surface area contributed by atoms with Crippen LogP contribution in [0.5, 0.6) is 0 Å². The van der Waals surface area contributed by atoms with Crippen LogP contribution >= 0.6 is 0 Å². The van der Waals surface area contributed by atoms with E-state index in [1.165, 1.54) is 23.1 Å². The number of carbonyl (C=O) groups excluding carboxylic acids is 2. The Morgan fingerprint density at radius 3 is 2.59 bits per heavy atom. The molecule has 3 heterocycles. The van der Waals surface area contributed by atoms with Gasteiger partial charge in [0.25, 0.3) is 5.91 Å². The zero-order valence-corrected chi connectivity index (χ0v) is 17.3. The fraction of sp³-hybridized carbons (Fsp3) is 0.240. The number of rotatable bonds is 4. The van der Waals surface area contributed by atoms with E-state index in [0.717, 1.165) is 16.7 Å². The van der Waals surface area contributed by atoms with Crippen LogP contribution in [-0.4, -0.2) is 63.5 Å². The van der Waals surface area contributed by atoms with Gasteiger partial charge in [0.15, 0.2) is 0 Å². The highest BCUT2D eigenvalue weighted by Gasteiger charge is 2.54. The molecule has 2 amide bonds. The van der Waals surface area contributed by atoms with Gasteiger partial charge in [-0.15, -0.1) is 0 Å². The van der Waals surface area contributed by atoms with Gasteiger partial charge in [0, 0.05) is 30.4 Å². The molecule has 2 aliphatic heterocycles. The monoisotopic (exact) mass is 431 g/mol. The second kappa shape index (κ2) is 8.16. The van der Waals surface area contributed by atoms with Crippen molar-refractivity contribution < 1.29 is 19.1 Å². The number of piperazine rings is 1. The number of nitrogens with zero attached hydrogens (tertiary/aromatic N) is 3. The average molecular weight is 431 g/mol. The van der Waals surface area contributed by atoms with E-state index in [0.29, 0.717) is 6.54 Å². The fourth-order valence-corrected chi connectivity index (χ4v) is 4.89. The second-order valence-corrected chi connectivity index (χ2v) is 8.20. The first-order valence-electron chi connectivity index (χ1n) is 10.5. The lowest BCUT2D eigenvalue weighted by Crippen LogP contribution is -2.73. The van der Waals surface area contributed by atoms with Crippen molar-refractivity contribution in [2.75, 3.05) is 19.7 Å². The third kappa shape index (κ3) is 3.44. The molecule has 0 radical (unpaired) electrons. The topological polar surface area (TPSA) is 73.7 Å². The molecule has 7 heteroatoms. The van der Waals surface area contributed by atoms with Crippen LogP contribution in [0.15, 0.2) is 73.1 Å². The summed E-state index contributed by atoms with van der Waals surface area (Å²) in [7, 11) is 0. The minimum absolute atomic E-state index is 0.0744. The largest absolute Gasteiger partial charge is 0.394 e. The summed E-state index contributed by atoms with van der Waals surface area (Å²) >= 11 is 0. The van der Waals surface area contributed by atoms with Crippen molar-refractivity contribution in [3.63, 3.8) is 0 Å². The highest BCUT2D eigenvalue weighted by atomic mass is 19.1. The molecule has 2 aliphatic rings. The number of amides is 2. The summed E-state index contributed by atoms with van der Waals surface area (Å²) in [5.41, 5.74) is 3.27. The van der Waals surface area contributed by atoms with Crippen molar-refractivity contribution in [2.45, 2.75) is 18.0 Å². The van der Waals surface area contributed by atoms with Gasteiger partial charge in [-0.05, 0) is 41.0 Å². The van der Waals surface area contributed by atoms with Crippen molar-refractivity contribution in [3.05, 3.63) is 90.0 Å². The normalized spacial score (nSPS) is 22.3. The molecule has 0 bridgehead atoms. The van der Waals surface area contributed by atoms with E-state index >= 15 is 0 Å². The standard InChI is InChI=1S/C25H22FN3O3/c26-20-5-1-3-18(11-20)25(32)28-13-21-24(22(15-30)29(21)23(31)14-28)17-8-6-16(7-9-17)19-4-2-10-27-12-19/h1-12,21-22,24,30H,13-15H2/t21-,22-,24-/m1/s1. The minimum Gasteiger partial charge on any atom is -0.394 e. The molecule has 162 valence electrons. The lowest BCUT2D eigenvalue weighted by atomic mass is 9.73. The van der Waals surface area contributed by atoms with Gasteiger partial charge in [0.2, 0.25) is 5.91 Å². The number of carbonyl (C=O) groups is 2. The molecule has 0 spiro atoms. The first-order chi connectivity index (χ1) is 15.6. The van der Waals surface area contributed by atoms with Gasteiger partial charge in [0.05, 0.1) is 18.7 Å². The van der Waals surface area contributed by atoms with Crippen molar-refractivity contribution >= 4 is 11.8 Å². The molecule has 1 N–H and O–H groups in total. The van der Waals surface area contributed by atoms with E-state index in [1.807, 2.05) is 36.4 Å². The van der Waals surface area contributed by atoms with E-state index in [1.54, 1.807) is 23.4 Å². The summed E-state index contributed by atoms with van der Waals surface area (Å²) in [5.74, 6) is -1.14. The maximum Gasteiger partial charge on any atom is 0.254 e. The lowest BCUT2D eigenvalue weighted by molar-refractivity contribution is -0.159. The SMILES string of the molecule is O=C(c1cccc(F)c1)N1CC(=O)N2[C@H](CO)[C@H](c3ccc(-c4cccnc4)cc3)[C@H]2C1. The van der Waals surface area contributed by atoms with Crippen molar-refractivity contribution in [1.29, 1.82) is 0 Å². The molecule has 0 saturated carbocycles. The number of hydrogen-bond donors (Lipinski definition) is 1. The van der Waals surface area contributed by atoms with Crippen molar-refractivity contribution in [2.24, 2.45) is 0 Å². The number of halogens is 1. The Balaban J connectivity index is 1.39. The number of pyridine rings is 1. The molecule has 0 unspecified atom stereocenters. The highest BCUT2D eigenvalue weighted by Crippen LogP contribution is 2.43. The van der Waals surface area contributed by atoms with Gasteiger partial charge in [-0.1, -0.05) is 36.4 Å². The van der Waals surface area contributed by atoms with Crippen LogP contribution in [-0.2, 0) is 4.79 Å². The summed E-state index contributed by atoms with van der Waals surface area (Å²) in [4.78, 5) is 33.0. The Morgan fingerprint density at radius 1 is 1.09 bits per heavy atom. The smallest absolute Gasteiger partial charge is 0.254 e. The molecule has 2 saturated heterocycles. The number of fused-ring (bicyclic) bond motifs is 1. The highest BCUT2D eigenvalue weighted by molar-refractivity contribution is 5.97. The van der Waals surface area contributed by atoms with Crippen LogP contribution in [0.2, 0.25) is 0 Å². The quantitative estimate of drug-likeness (QED) is 0.690. The molecular weight excluding hydrogens is 409 g/mol. The van der Waals surface area contributed by atoms with E-state index in [4.69, 9.17) is 0 Å². The van der Waals surface area contributed by atoms with Gasteiger partial charge in [-0.2, -0.15) is 0 Å². The minimum atomic E-state index is -0.489. The van der Waals surface area contributed by atoms with Gasteiger partial charge in [-0.25, -0.2) is 4.39 Å². The zero-order chi connectivity index (χ0) is 22.2. The Labute approximate surface area is 184 Å². The molecule has 6 nitrogen and oxygen atoms in total. The van der Waals surface area contributed by atoms with Crippen LogP contribution < -0.4 is 0 Å². The Morgan fingerprint density at radius 2 is 1.91 bits per heavy atom. The Kier molecular flexibility index (Phi) is 5.19.